The molecule has 6 nitrogen and oxygen atoms in total. The molecule has 0 atom stereocenters. The van der Waals surface area contributed by atoms with Crippen LogP contribution in [0.1, 0.15) is 17.4 Å². The van der Waals surface area contributed by atoms with Crippen LogP contribution in [0.2, 0.25) is 0 Å². The Morgan fingerprint density at radius 2 is 1.90 bits per heavy atom. The fourth-order valence-corrected chi connectivity index (χ4v) is 4.00. The molecule has 0 amide bonds. The van der Waals surface area contributed by atoms with Crippen LogP contribution in [-0.4, -0.2) is 35.0 Å². The van der Waals surface area contributed by atoms with Crippen LogP contribution in [-0.2, 0) is 4.74 Å². The highest BCUT2D eigenvalue weighted by Gasteiger charge is 2.31. The van der Waals surface area contributed by atoms with Gasteiger partial charge in [-0.1, -0.05) is 15.9 Å². The summed E-state index contributed by atoms with van der Waals surface area (Å²) in [5.74, 6) is -1.29. The summed E-state index contributed by atoms with van der Waals surface area (Å²) in [5.41, 5.74) is -0.312. The van der Waals surface area contributed by atoms with Crippen molar-refractivity contribution in [2.24, 2.45) is 0 Å². The summed E-state index contributed by atoms with van der Waals surface area (Å²) >= 11 is 4.68. The van der Waals surface area contributed by atoms with E-state index in [1.54, 1.807) is 25.3 Å². The summed E-state index contributed by atoms with van der Waals surface area (Å²) in [6.07, 6.45) is -3.04. The molecule has 1 aromatic heterocycles. The molecule has 0 N–H and O–H groups in total. The van der Waals surface area contributed by atoms with Crippen molar-refractivity contribution in [3.05, 3.63) is 56.8 Å². The molecule has 0 radical (unpaired) electrons. The summed E-state index contributed by atoms with van der Waals surface area (Å²) in [4.78, 5) is 25.9. The second-order valence-electron chi connectivity index (χ2n) is 5.85. The third-order valence-corrected chi connectivity index (χ3v) is 5.14. The maximum absolute atomic E-state index is 13.0. The zero-order valence-electron chi connectivity index (χ0n) is 15.6. The van der Waals surface area contributed by atoms with Crippen LogP contribution in [0.15, 0.2) is 50.6 Å². The van der Waals surface area contributed by atoms with E-state index in [0.29, 0.717) is 20.6 Å². The van der Waals surface area contributed by atoms with Crippen LogP contribution in [0.25, 0.3) is 16.6 Å². The van der Waals surface area contributed by atoms with Crippen molar-refractivity contribution in [2.75, 3.05) is 12.9 Å². The van der Waals surface area contributed by atoms with E-state index in [4.69, 9.17) is 4.74 Å². The van der Waals surface area contributed by atoms with Gasteiger partial charge in [-0.3, -0.25) is 4.79 Å². The van der Waals surface area contributed by atoms with E-state index in [1.165, 1.54) is 28.6 Å². The first-order valence-electron chi connectivity index (χ1n) is 8.48. The van der Waals surface area contributed by atoms with Crippen LogP contribution in [0.3, 0.4) is 0 Å². The van der Waals surface area contributed by atoms with Crippen molar-refractivity contribution in [3.8, 4) is 11.4 Å². The van der Waals surface area contributed by atoms with Crippen LogP contribution in [0, 0.1) is 0 Å². The predicted molar refractivity (Wildman–Crippen MR) is 109 cm³/mol. The smallest absolute Gasteiger partial charge is 0.461 e. The molecule has 0 spiro atoms. The molecule has 1 heterocycles. The van der Waals surface area contributed by atoms with Gasteiger partial charge >= 0.3 is 12.3 Å². The molecule has 0 saturated heterocycles. The van der Waals surface area contributed by atoms with Gasteiger partial charge in [-0.15, -0.1) is 24.9 Å². The Morgan fingerprint density at radius 3 is 2.47 bits per heavy atom. The summed E-state index contributed by atoms with van der Waals surface area (Å²) in [5, 5.41) is 4.40. The zero-order chi connectivity index (χ0) is 22.1. The fraction of sp³-hybridized carbons (Fsp3) is 0.211. The van der Waals surface area contributed by atoms with E-state index in [9.17, 15) is 22.8 Å². The molecule has 2 aromatic carbocycles. The molecule has 0 unspecified atom stereocenters. The molecule has 11 heteroatoms. The molecular formula is C19H14BrF3N2O4S. The Morgan fingerprint density at radius 1 is 1.23 bits per heavy atom. The third kappa shape index (κ3) is 4.62. The number of carbonyl (C=O) groups is 1. The first kappa shape index (κ1) is 22.2. The number of halogens is 4. The minimum absolute atomic E-state index is 0.0528. The van der Waals surface area contributed by atoms with Crippen molar-refractivity contribution in [3.63, 3.8) is 0 Å². The summed E-state index contributed by atoms with van der Waals surface area (Å²) in [6, 6.07) is 8.28. The number of alkyl halides is 3. The number of hydrogen-bond donors (Lipinski definition) is 0. The lowest BCUT2D eigenvalue weighted by atomic mass is 10.2. The van der Waals surface area contributed by atoms with Gasteiger partial charge in [-0.05, 0) is 49.6 Å². The minimum Gasteiger partial charge on any atom is -0.461 e. The van der Waals surface area contributed by atoms with E-state index < -0.39 is 29.2 Å². The van der Waals surface area contributed by atoms with Gasteiger partial charge in [0, 0.05) is 9.37 Å². The van der Waals surface area contributed by atoms with E-state index in [-0.39, 0.29) is 12.0 Å². The number of rotatable bonds is 5. The molecule has 0 saturated carbocycles. The number of aromatic nitrogens is 2. The van der Waals surface area contributed by atoms with Crippen molar-refractivity contribution in [1.82, 2.24) is 9.78 Å². The number of esters is 1. The molecule has 0 aliphatic heterocycles. The van der Waals surface area contributed by atoms with Gasteiger partial charge in [0.15, 0.2) is 0 Å². The van der Waals surface area contributed by atoms with Gasteiger partial charge in [0.25, 0.3) is 0 Å². The van der Waals surface area contributed by atoms with Gasteiger partial charge in [0.1, 0.15) is 5.75 Å². The Labute approximate surface area is 181 Å². The monoisotopic (exact) mass is 502 g/mol. The maximum atomic E-state index is 13.0. The number of nitrogens with zero attached hydrogens (tertiary/aromatic N) is 2. The van der Waals surface area contributed by atoms with Crippen LogP contribution in [0.4, 0.5) is 13.2 Å². The summed E-state index contributed by atoms with van der Waals surface area (Å²) in [7, 11) is 0. The third-order valence-electron chi connectivity index (χ3n) is 3.92. The van der Waals surface area contributed by atoms with Gasteiger partial charge in [0.2, 0.25) is 11.1 Å². The van der Waals surface area contributed by atoms with Crippen molar-refractivity contribution >= 4 is 44.6 Å². The van der Waals surface area contributed by atoms with Crippen LogP contribution >= 0.6 is 27.7 Å². The molecule has 30 heavy (non-hydrogen) atoms. The number of benzene rings is 2. The van der Waals surface area contributed by atoms with Crippen molar-refractivity contribution in [2.45, 2.75) is 18.2 Å². The van der Waals surface area contributed by atoms with Gasteiger partial charge in [-0.2, -0.15) is 5.10 Å². The summed E-state index contributed by atoms with van der Waals surface area (Å²) < 4.78 is 48.1. The normalized spacial score (nSPS) is 11.5. The first-order valence-corrected chi connectivity index (χ1v) is 10.5. The zero-order valence-corrected chi connectivity index (χ0v) is 18.0. The SMILES string of the molecule is CCOC(=O)c1nn(-c2ccc(OC(F)(F)F)cc2)c2cc(Br)cc(SC)c2c1=O. The first-order chi connectivity index (χ1) is 14.1. The van der Waals surface area contributed by atoms with Gasteiger partial charge in [0.05, 0.1) is 23.2 Å². The number of ether oxygens (including phenoxy) is 2. The van der Waals surface area contributed by atoms with Crippen LogP contribution in [0.5, 0.6) is 5.75 Å². The molecule has 0 aliphatic carbocycles. The molecular weight excluding hydrogens is 489 g/mol. The standard InChI is InChI=1S/C19H14BrF3N2O4S/c1-3-28-18(27)16-17(26)15-13(8-10(20)9-14(15)30-2)25(24-16)11-4-6-12(7-5-11)29-19(21,22)23/h4-9H,3H2,1-2H3. The fourth-order valence-electron chi connectivity index (χ4n) is 2.76. The highest BCUT2D eigenvalue weighted by atomic mass is 79.9. The van der Waals surface area contributed by atoms with Crippen molar-refractivity contribution < 1.29 is 27.4 Å². The Hall–Kier alpha value is -2.53. The maximum Gasteiger partial charge on any atom is 0.573 e. The quantitative estimate of drug-likeness (QED) is 0.363. The molecule has 0 fully saturated rings. The lowest BCUT2D eigenvalue weighted by Gasteiger charge is -2.15. The topological polar surface area (TPSA) is 70.4 Å². The Kier molecular flexibility index (Phi) is 6.41. The predicted octanol–water partition coefficient (Wildman–Crippen LogP) is 4.95. The number of carbonyl (C=O) groups excluding carboxylic acids is 1. The van der Waals surface area contributed by atoms with E-state index in [0.717, 1.165) is 12.1 Å². The molecule has 3 rings (SSSR count). The Bertz CT molecular complexity index is 1160. The summed E-state index contributed by atoms with van der Waals surface area (Å²) in [6.45, 7) is 1.65. The minimum atomic E-state index is -4.82. The largest absolute Gasteiger partial charge is 0.573 e. The lowest BCUT2D eigenvalue weighted by molar-refractivity contribution is -0.274. The van der Waals surface area contributed by atoms with E-state index in [2.05, 4.69) is 25.8 Å². The highest BCUT2D eigenvalue weighted by molar-refractivity contribution is 9.10. The van der Waals surface area contributed by atoms with E-state index >= 15 is 0 Å². The molecule has 158 valence electrons. The van der Waals surface area contributed by atoms with Gasteiger partial charge in [-0.25, -0.2) is 9.48 Å². The number of hydrogen-bond acceptors (Lipinski definition) is 6. The van der Waals surface area contributed by atoms with Crippen LogP contribution < -0.4 is 10.2 Å². The average molecular weight is 503 g/mol. The molecule has 3 aromatic rings. The Balaban J connectivity index is 2.27. The number of thioether (sulfide) groups is 1. The van der Waals surface area contributed by atoms with E-state index in [1.807, 2.05) is 0 Å². The molecule has 0 aliphatic rings. The number of fused-ring (bicyclic) bond motifs is 1. The second kappa shape index (κ2) is 8.68. The highest BCUT2D eigenvalue weighted by Crippen LogP contribution is 2.30. The second-order valence-corrected chi connectivity index (χ2v) is 7.62. The van der Waals surface area contributed by atoms with Crippen molar-refractivity contribution in [1.29, 1.82) is 0 Å². The average Bonchev–Trinajstić information content (AvgIpc) is 2.67. The lowest BCUT2D eigenvalue weighted by Crippen LogP contribution is -2.24. The molecule has 0 bridgehead atoms. The van der Waals surface area contributed by atoms with Gasteiger partial charge < -0.3 is 9.47 Å².